The van der Waals surface area contributed by atoms with E-state index in [1.165, 1.54) is 12.2 Å². The van der Waals surface area contributed by atoms with Crippen LogP contribution in [0.3, 0.4) is 0 Å². The largest absolute Gasteiger partial charge is 0.452 e. The molecule has 0 rings (SSSR count). The number of aldehydes is 1. The van der Waals surface area contributed by atoms with Crippen molar-refractivity contribution in [1.29, 1.82) is 0 Å². The molecule has 3 nitrogen and oxygen atoms in total. The number of esters is 1. The Bertz CT molecular complexity index is 186. The second-order valence-corrected chi connectivity index (χ2v) is 1.31. The fraction of sp³-hybridized carbons (Fsp3) is 0.143. The maximum Gasteiger partial charge on any atom is 0.384 e. The highest BCUT2D eigenvalue weighted by Crippen LogP contribution is 1.76. The SMILES string of the molecule is C#CC(=O)OC/C=C\C=O. The molecule has 0 bridgehead atoms. The second-order valence-electron chi connectivity index (χ2n) is 1.31. The summed E-state index contributed by atoms with van der Waals surface area (Å²) < 4.78 is 4.37. The van der Waals surface area contributed by atoms with Gasteiger partial charge in [0.1, 0.15) is 12.9 Å². The monoisotopic (exact) mass is 138 g/mol. The molecule has 0 saturated carbocycles. The minimum atomic E-state index is -0.726. The van der Waals surface area contributed by atoms with Crippen molar-refractivity contribution in [3.63, 3.8) is 0 Å². The molecule has 0 unspecified atom stereocenters. The van der Waals surface area contributed by atoms with Crippen LogP contribution in [0.5, 0.6) is 0 Å². The van der Waals surface area contributed by atoms with E-state index in [1.54, 1.807) is 5.92 Å². The molecule has 52 valence electrons. The predicted molar refractivity (Wildman–Crippen MR) is 35.0 cm³/mol. The van der Waals surface area contributed by atoms with Gasteiger partial charge in [-0.3, -0.25) is 4.79 Å². The Kier molecular flexibility index (Phi) is 4.70. The van der Waals surface area contributed by atoms with E-state index < -0.39 is 5.97 Å². The molecule has 0 aromatic rings. The van der Waals surface area contributed by atoms with Crippen LogP contribution in [0.15, 0.2) is 12.2 Å². The minimum Gasteiger partial charge on any atom is -0.452 e. The molecule has 0 aliphatic rings. The molecule has 0 saturated heterocycles. The van der Waals surface area contributed by atoms with Crippen LogP contribution in [-0.4, -0.2) is 18.9 Å². The molecule has 0 amide bonds. The van der Waals surface area contributed by atoms with Crippen LogP contribution in [-0.2, 0) is 14.3 Å². The summed E-state index contributed by atoms with van der Waals surface area (Å²) in [6, 6.07) is 0. The van der Waals surface area contributed by atoms with E-state index in [9.17, 15) is 9.59 Å². The summed E-state index contributed by atoms with van der Waals surface area (Å²) in [7, 11) is 0. The molecule has 0 aliphatic heterocycles. The van der Waals surface area contributed by atoms with Crippen LogP contribution in [0.4, 0.5) is 0 Å². The van der Waals surface area contributed by atoms with Crippen molar-refractivity contribution in [3.8, 4) is 12.3 Å². The molecule has 10 heavy (non-hydrogen) atoms. The lowest BCUT2D eigenvalue weighted by atomic mass is 10.5. The summed E-state index contributed by atoms with van der Waals surface area (Å²) in [5.41, 5.74) is 0. The number of ether oxygens (including phenoxy) is 1. The van der Waals surface area contributed by atoms with E-state index in [0.717, 1.165) is 0 Å². The van der Waals surface area contributed by atoms with Crippen LogP contribution in [0.25, 0.3) is 0 Å². The van der Waals surface area contributed by atoms with Gasteiger partial charge in [0.15, 0.2) is 0 Å². The van der Waals surface area contributed by atoms with Crippen LogP contribution in [0, 0.1) is 12.3 Å². The summed E-state index contributed by atoms with van der Waals surface area (Å²) >= 11 is 0. The van der Waals surface area contributed by atoms with Crippen LogP contribution in [0.1, 0.15) is 0 Å². The highest BCUT2D eigenvalue weighted by atomic mass is 16.5. The van der Waals surface area contributed by atoms with Crippen LogP contribution >= 0.6 is 0 Å². The normalized spacial score (nSPS) is 8.70. The van der Waals surface area contributed by atoms with Gasteiger partial charge in [-0.15, -0.1) is 6.42 Å². The van der Waals surface area contributed by atoms with Crippen molar-refractivity contribution < 1.29 is 14.3 Å². The highest BCUT2D eigenvalue weighted by molar-refractivity contribution is 5.87. The van der Waals surface area contributed by atoms with Gasteiger partial charge < -0.3 is 4.74 Å². The molecule has 0 aliphatic carbocycles. The molecular weight excluding hydrogens is 132 g/mol. The topological polar surface area (TPSA) is 43.4 Å². The van der Waals surface area contributed by atoms with Crippen molar-refractivity contribution in [2.75, 3.05) is 6.61 Å². The van der Waals surface area contributed by atoms with E-state index in [4.69, 9.17) is 0 Å². The third kappa shape index (κ3) is 4.60. The van der Waals surface area contributed by atoms with Gasteiger partial charge in [-0.2, -0.15) is 0 Å². The maximum absolute atomic E-state index is 10.2. The first-order valence-electron chi connectivity index (χ1n) is 2.55. The average Bonchev–Trinajstić information content (AvgIpc) is 1.98. The standard InChI is InChI=1S/C7H6O3/c1-2-7(9)10-6-4-3-5-8/h1,3-5H,6H2/b4-3-. The Morgan fingerprint density at radius 3 is 2.90 bits per heavy atom. The van der Waals surface area contributed by atoms with E-state index in [2.05, 4.69) is 11.2 Å². The number of carbonyl (C=O) groups excluding carboxylic acids is 2. The van der Waals surface area contributed by atoms with E-state index in [-0.39, 0.29) is 6.61 Å². The number of carbonyl (C=O) groups is 2. The maximum atomic E-state index is 10.2. The van der Waals surface area contributed by atoms with Gasteiger partial charge >= 0.3 is 5.97 Å². The second kappa shape index (κ2) is 5.57. The first-order chi connectivity index (χ1) is 4.81. The lowest BCUT2D eigenvalue weighted by Crippen LogP contribution is -1.99. The Hall–Kier alpha value is -1.56. The first kappa shape index (κ1) is 8.44. The number of hydrogen-bond acceptors (Lipinski definition) is 3. The zero-order valence-corrected chi connectivity index (χ0v) is 5.24. The Morgan fingerprint density at radius 1 is 1.70 bits per heavy atom. The molecule has 0 N–H and O–H groups in total. The summed E-state index contributed by atoms with van der Waals surface area (Å²) in [5, 5.41) is 0. The van der Waals surface area contributed by atoms with Gasteiger partial charge in [0.2, 0.25) is 0 Å². The number of allylic oxidation sites excluding steroid dienone is 1. The predicted octanol–water partition coefficient (Wildman–Crippen LogP) is -0.0821. The number of rotatable bonds is 3. The van der Waals surface area contributed by atoms with Crippen LogP contribution < -0.4 is 0 Å². The van der Waals surface area contributed by atoms with Crippen molar-refractivity contribution in [3.05, 3.63) is 12.2 Å². The molecule has 0 radical (unpaired) electrons. The fourth-order valence-electron chi connectivity index (χ4n) is 0.277. The molecule has 0 spiro atoms. The molecule has 0 heterocycles. The van der Waals surface area contributed by atoms with Gasteiger partial charge in [0.25, 0.3) is 0 Å². The Labute approximate surface area is 58.7 Å². The zero-order chi connectivity index (χ0) is 7.82. The summed E-state index contributed by atoms with van der Waals surface area (Å²) in [6.07, 6.45) is 7.87. The third-order valence-electron chi connectivity index (χ3n) is 0.643. The lowest BCUT2D eigenvalue weighted by Gasteiger charge is -1.90. The van der Waals surface area contributed by atoms with E-state index in [1.807, 2.05) is 0 Å². The minimum absolute atomic E-state index is 0.0434. The molecule has 0 fully saturated rings. The van der Waals surface area contributed by atoms with Crippen molar-refractivity contribution in [2.24, 2.45) is 0 Å². The number of terminal acetylenes is 1. The van der Waals surface area contributed by atoms with Crippen molar-refractivity contribution >= 4 is 12.3 Å². The van der Waals surface area contributed by atoms with Gasteiger partial charge in [-0.05, 0) is 12.2 Å². The Balaban J connectivity index is 3.39. The van der Waals surface area contributed by atoms with E-state index >= 15 is 0 Å². The van der Waals surface area contributed by atoms with Gasteiger partial charge in [-0.25, -0.2) is 4.79 Å². The molecule has 0 aromatic carbocycles. The number of hydrogen-bond donors (Lipinski definition) is 0. The lowest BCUT2D eigenvalue weighted by molar-refractivity contribution is -0.135. The van der Waals surface area contributed by atoms with Gasteiger partial charge in [0.05, 0.1) is 0 Å². The molecule has 0 aromatic heterocycles. The molecule has 0 atom stereocenters. The van der Waals surface area contributed by atoms with Crippen LogP contribution in [0.2, 0.25) is 0 Å². The van der Waals surface area contributed by atoms with Gasteiger partial charge in [0, 0.05) is 5.92 Å². The zero-order valence-electron chi connectivity index (χ0n) is 5.24. The molecule has 3 heteroatoms. The van der Waals surface area contributed by atoms with Crippen molar-refractivity contribution in [1.82, 2.24) is 0 Å². The summed E-state index contributed by atoms with van der Waals surface area (Å²) in [5.74, 6) is 1.03. The quantitative estimate of drug-likeness (QED) is 0.180. The first-order valence-corrected chi connectivity index (χ1v) is 2.55. The van der Waals surface area contributed by atoms with Gasteiger partial charge in [-0.1, -0.05) is 0 Å². The summed E-state index contributed by atoms with van der Waals surface area (Å²) in [6.45, 7) is 0.0434. The van der Waals surface area contributed by atoms with Crippen molar-refractivity contribution in [2.45, 2.75) is 0 Å². The average molecular weight is 138 g/mol. The smallest absolute Gasteiger partial charge is 0.384 e. The Morgan fingerprint density at radius 2 is 2.40 bits per heavy atom. The third-order valence-corrected chi connectivity index (χ3v) is 0.643. The molecular formula is C7H6O3. The highest BCUT2D eigenvalue weighted by Gasteiger charge is 1.89. The summed E-state index contributed by atoms with van der Waals surface area (Å²) in [4.78, 5) is 19.8. The fourth-order valence-corrected chi connectivity index (χ4v) is 0.277. The van der Waals surface area contributed by atoms with E-state index in [0.29, 0.717) is 6.29 Å².